The maximum Gasteiger partial charge on any atom is 0.407 e. The van der Waals surface area contributed by atoms with Crippen molar-refractivity contribution in [3.63, 3.8) is 0 Å². The first-order valence-electron chi connectivity index (χ1n) is 12.6. The van der Waals surface area contributed by atoms with Gasteiger partial charge in [0.1, 0.15) is 11.9 Å². The van der Waals surface area contributed by atoms with E-state index in [-0.39, 0.29) is 23.9 Å². The average Bonchev–Trinajstić information content (AvgIpc) is 3.51. The minimum absolute atomic E-state index is 0.0674. The molecule has 9 heteroatoms. The number of pyridine rings is 1. The van der Waals surface area contributed by atoms with Gasteiger partial charge in [-0.05, 0) is 55.4 Å². The van der Waals surface area contributed by atoms with Crippen molar-refractivity contribution in [1.29, 1.82) is 0 Å². The topological polar surface area (TPSA) is 100 Å². The van der Waals surface area contributed by atoms with Gasteiger partial charge in [-0.1, -0.05) is 48.7 Å². The van der Waals surface area contributed by atoms with Crippen LogP contribution in [0.15, 0.2) is 41.0 Å². The SMILES string of the molecule is COC(=O)NC(C(=O)N1C(c2ncc(-c3ccc4cc(Br)ccc4n3)[nH]2)CC2CCCCC21)C(C)C. The Bertz CT molecular complexity index is 1280. The molecule has 3 aromatic rings. The third-order valence-electron chi connectivity index (χ3n) is 7.57. The molecule has 2 aliphatic rings. The Balaban J connectivity index is 1.46. The van der Waals surface area contributed by atoms with Gasteiger partial charge in [0.25, 0.3) is 0 Å². The first kappa shape index (κ1) is 24.7. The lowest BCUT2D eigenvalue weighted by atomic mass is 9.84. The molecule has 1 aliphatic heterocycles. The summed E-state index contributed by atoms with van der Waals surface area (Å²) >= 11 is 3.51. The number of nitrogens with zero attached hydrogens (tertiary/aromatic N) is 3. The van der Waals surface area contributed by atoms with Gasteiger partial charge in [-0.3, -0.25) is 4.79 Å². The first-order valence-corrected chi connectivity index (χ1v) is 13.4. The van der Waals surface area contributed by atoms with E-state index in [0.717, 1.165) is 58.3 Å². The molecule has 1 aliphatic carbocycles. The molecule has 8 nitrogen and oxygen atoms in total. The fourth-order valence-corrected chi connectivity index (χ4v) is 6.14. The van der Waals surface area contributed by atoms with Crippen molar-refractivity contribution in [3.8, 4) is 11.4 Å². The fourth-order valence-electron chi connectivity index (χ4n) is 5.76. The van der Waals surface area contributed by atoms with Crippen LogP contribution >= 0.6 is 15.9 Å². The van der Waals surface area contributed by atoms with Crippen LogP contribution in [0.4, 0.5) is 4.79 Å². The van der Waals surface area contributed by atoms with Crippen molar-refractivity contribution in [2.45, 2.75) is 64.1 Å². The number of H-pyrrole nitrogens is 1. The van der Waals surface area contributed by atoms with Crippen molar-refractivity contribution in [3.05, 3.63) is 46.8 Å². The molecule has 1 saturated heterocycles. The number of hydrogen-bond donors (Lipinski definition) is 2. The minimum Gasteiger partial charge on any atom is -0.453 e. The molecule has 2 aromatic heterocycles. The highest BCUT2D eigenvalue weighted by atomic mass is 79.9. The molecule has 2 amide bonds. The van der Waals surface area contributed by atoms with Gasteiger partial charge in [-0.15, -0.1) is 0 Å². The van der Waals surface area contributed by atoms with E-state index in [0.29, 0.717) is 5.92 Å². The molecular formula is C27H32BrN5O3. The second kappa shape index (κ2) is 10.2. The zero-order chi connectivity index (χ0) is 25.4. The van der Waals surface area contributed by atoms with E-state index in [1.54, 1.807) is 6.20 Å². The predicted molar refractivity (Wildman–Crippen MR) is 141 cm³/mol. The molecule has 3 heterocycles. The summed E-state index contributed by atoms with van der Waals surface area (Å²) in [4.78, 5) is 41.0. The normalized spacial score (nSPS) is 22.5. The lowest BCUT2D eigenvalue weighted by Gasteiger charge is -2.36. The minimum atomic E-state index is -0.656. The van der Waals surface area contributed by atoms with Crippen LogP contribution in [0.25, 0.3) is 22.3 Å². The molecular weight excluding hydrogens is 522 g/mol. The van der Waals surface area contributed by atoms with Gasteiger partial charge in [0.2, 0.25) is 5.91 Å². The smallest absolute Gasteiger partial charge is 0.407 e. The number of fused-ring (bicyclic) bond motifs is 2. The van der Waals surface area contributed by atoms with Gasteiger partial charge in [-0.25, -0.2) is 14.8 Å². The van der Waals surface area contributed by atoms with Crippen molar-refractivity contribution >= 4 is 38.8 Å². The molecule has 0 radical (unpaired) electrons. The van der Waals surface area contributed by atoms with Crippen molar-refractivity contribution in [2.75, 3.05) is 7.11 Å². The van der Waals surface area contributed by atoms with Crippen molar-refractivity contribution < 1.29 is 14.3 Å². The zero-order valence-electron chi connectivity index (χ0n) is 20.8. The summed E-state index contributed by atoms with van der Waals surface area (Å²) in [6, 6.07) is 9.38. The van der Waals surface area contributed by atoms with E-state index in [9.17, 15) is 9.59 Å². The van der Waals surface area contributed by atoms with Crippen LogP contribution in [0, 0.1) is 11.8 Å². The van der Waals surface area contributed by atoms with Crippen molar-refractivity contribution in [1.82, 2.24) is 25.2 Å². The van der Waals surface area contributed by atoms with E-state index in [4.69, 9.17) is 14.7 Å². The van der Waals surface area contributed by atoms with Crippen molar-refractivity contribution in [2.24, 2.45) is 11.8 Å². The molecule has 5 rings (SSSR count). The number of amides is 2. The number of carbonyl (C=O) groups is 2. The molecule has 0 bridgehead atoms. The van der Waals surface area contributed by atoms with Crippen LogP contribution in [0.3, 0.4) is 0 Å². The first-order chi connectivity index (χ1) is 17.4. The molecule has 1 saturated carbocycles. The number of aromatic nitrogens is 3. The Morgan fingerprint density at radius 1 is 1.19 bits per heavy atom. The number of likely N-dealkylation sites (tertiary alicyclic amines) is 1. The maximum atomic E-state index is 13.9. The number of aromatic amines is 1. The molecule has 0 spiro atoms. The third kappa shape index (κ3) is 4.73. The lowest BCUT2D eigenvalue weighted by Crippen LogP contribution is -2.53. The average molecular weight is 554 g/mol. The van der Waals surface area contributed by atoms with E-state index in [2.05, 4.69) is 32.3 Å². The lowest BCUT2D eigenvalue weighted by molar-refractivity contribution is -0.138. The summed E-state index contributed by atoms with van der Waals surface area (Å²) in [6.45, 7) is 3.88. The number of imidazole rings is 1. The quantitative estimate of drug-likeness (QED) is 0.428. The highest BCUT2D eigenvalue weighted by Crippen LogP contribution is 2.46. The highest BCUT2D eigenvalue weighted by molar-refractivity contribution is 9.10. The summed E-state index contributed by atoms with van der Waals surface area (Å²) in [7, 11) is 1.32. The summed E-state index contributed by atoms with van der Waals surface area (Å²) in [5, 5.41) is 3.82. The van der Waals surface area contributed by atoms with E-state index in [1.165, 1.54) is 13.5 Å². The van der Waals surface area contributed by atoms with Gasteiger partial charge >= 0.3 is 6.09 Å². The Kier molecular flexibility index (Phi) is 7.01. The maximum absolute atomic E-state index is 13.9. The number of methoxy groups -OCH3 is 1. The molecule has 2 N–H and O–H groups in total. The molecule has 1 aromatic carbocycles. The molecule has 36 heavy (non-hydrogen) atoms. The summed E-state index contributed by atoms with van der Waals surface area (Å²) in [5.41, 5.74) is 2.54. The van der Waals surface area contributed by atoms with E-state index < -0.39 is 12.1 Å². The number of ether oxygens (including phenoxy) is 1. The van der Waals surface area contributed by atoms with E-state index >= 15 is 0 Å². The van der Waals surface area contributed by atoms with Gasteiger partial charge in [-0.2, -0.15) is 0 Å². The second-order valence-corrected chi connectivity index (χ2v) is 11.1. The number of rotatable bonds is 5. The Morgan fingerprint density at radius 2 is 2.00 bits per heavy atom. The number of hydrogen-bond acceptors (Lipinski definition) is 5. The molecule has 4 unspecified atom stereocenters. The Labute approximate surface area is 219 Å². The largest absolute Gasteiger partial charge is 0.453 e. The summed E-state index contributed by atoms with van der Waals surface area (Å²) < 4.78 is 5.82. The number of halogens is 1. The monoisotopic (exact) mass is 553 g/mol. The standard InChI is InChI=1S/C27H32BrN5O3/c1-15(2)24(32-27(35)36-3)26(34)33-22-7-5-4-6-17(22)13-23(33)25-29-14-21(31-25)20-10-8-16-12-18(28)9-11-19(16)30-20/h8-12,14-15,17,22-24H,4-7,13H2,1-3H3,(H,29,31)(H,32,35). The van der Waals surface area contributed by atoms with Crippen LogP contribution < -0.4 is 5.32 Å². The Hall–Kier alpha value is -2.94. The van der Waals surface area contributed by atoms with Gasteiger partial charge < -0.3 is 19.9 Å². The molecule has 2 fully saturated rings. The van der Waals surface area contributed by atoms with Crippen LogP contribution in [0.1, 0.15) is 57.8 Å². The Morgan fingerprint density at radius 3 is 2.78 bits per heavy atom. The highest BCUT2D eigenvalue weighted by Gasteiger charge is 2.48. The van der Waals surface area contributed by atoms with Crippen LogP contribution in [0.2, 0.25) is 0 Å². The fraction of sp³-hybridized carbons (Fsp3) is 0.481. The number of nitrogens with one attached hydrogen (secondary N) is 2. The summed E-state index contributed by atoms with van der Waals surface area (Å²) in [5.74, 6) is 1.06. The van der Waals surface area contributed by atoms with Gasteiger partial charge in [0.15, 0.2) is 0 Å². The second-order valence-electron chi connectivity index (χ2n) is 10.2. The molecule has 4 atom stereocenters. The zero-order valence-corrected chi connectivity index (χ0v) is 22.4. The van der Waals surface area contributed by atoms with Crippen LogP contribution in [0.5, 0.6) is 0 Å². The number of alkyl carbamates (subject to hydrolysis) is 1. The predicted octanol–water partition coefficient (Wildman–Crippen LogP) is 5.60. The van der Waals surface area contributed by atoms with Crippen LogP contribution in [-0.2, 0) is 9.53 Å². The third-order valence-corrected chi connectivity index (χ3v) is 8.07. The van der Waals surface area contributed by atoms with E-state index in [1.807, 2.05) is 43.0 Å². The number of carbonyl (C=O) groups excluding carboxylic acids is 2. The van der Waals surface area contributed by atoms with Gasteiger partial charge in [0.05, 0.1) is 36.3 Å². The summed E-state index contributed by atoms with van der Waals surface area (Å²) in [6.07, 6.45) is 6.46. The van der Waals surface area contributed by atoms with Crippen LogP contribution in [-0.4, -0.2) is 51.0 Å². The number of benzene rings is 1. The van der Waals surface area contributed by atoms with Gasteiger partial charge in [0, 0.05) is 15.9 Å². The molecule has 190 valence electrons.